The number of para-hydroxylation sites is 1. The summed E-state index contributed by atoms with van der Waals surface area (Å²) in [7, 11) is 0. The minimum Gasteiger partial charge on any atom is -0.398 e. The van der Waals surface area contributed by atoms with Crippen LogP contribution in [-0.2, 0) is 4.74 Å². The van der Waals surface area contributed by atoms with Crippen molar-refractivity contribution in [2.45, 2.75) is 0 Å². The van der Waals surface area contributed by atoms with Crippen LogP contribution in [0, 0.1) is 5.41 Å². The molecule has 0 spiro atoms. The van der Waals surface area contributed by atoms with E-state index in [-0.39, 0.29) is 6.61 Å². The Bertz CT molecular complexity index is 631. The molecule has 2 rings (SSSR count). The molecular weight excluding hydrogens is 280 g/mol. The van der Waals surface area contributed by atoms with Crippen LogP contribution in [0.25, 0.3) is 0 Å². The fraction of sp³-hybridized carbons (Fsp3) is 0.250. The van der Waals surface area contributed by atoms with Crippen LogP contribution in [0.1, 0.15) is 11.1 Å². The number of hydrogen-bond acceptors (Lipinski definition) is 6. The van der Waals surface area contributed by atoms with Crippen molar-refractivity contribution in [3.63, 3.8) is 0 Å². The van der Waals surface area contributed by atoms with Gasteiger partial charge >= 0.3 is 0 Å². The maximum atomic E-state index is 8.62. The molecule has 0 radical (unpaired) electrons. The Morgan fingerprint density at radius 1 is 1.27 bits per heavy atom. The van der Waals surface area contributed by atoms with Gasteiger partial charge in [0.2, 0.25) is 0 Å². The minimum absolute atomic E-state index is 0.0173. The van der Waals surface area contributed by atoms with Crippen molar-refractivity contribution in [2.75, 3.05) is 37.4 Å². The Hall–Kier alpha value is -2.44. The molecule has 1 heterocycles. The van der Waals surface area contributed by atoms with Gasteiger partial charge in [0.25, 0.3) is 0 Å². The molecule has 0 aliphatic rings. The number of benzene rings is 1. The molecule has 0 unspecified atom stereocenters. The number of nitrogen functional groups attached to an aromatic ring is 1. The quantitative estimate of drug-likeness (QED) is 0.336. The predicted molar refractivity (Wildman–Crippen MR) is 87.4 cm³/mol. The van der Waals surface area contributed by atoms with E-state index in [1.807, 2.05) is 18.2 Å². The van der Waals surface area contributed by atoms with Gasteiger partial charge in [-0.1, -0.05) is 18.2 Å². The second kappa shape index (κ2) is 8.11. The highest BCUT2D eigenvalue weighted by molar-refractivity contribution is 6.13. The summed E-state index contributed by atoms with van der Waals surface area (Å²) < 4.78 is 5.17. The molecule has 0 bridgehead atoms. The average Bonchev–Trinajstić information content (AvgIpc) is 2.55. The zero-order chi connectivity index (χ0) is 15.8. The van der Waals surface area contributed by atoms with Crippen molar-refractivity contribution in [3.8, 4) is 0 Å². The molecule has 0 aliphatic carbocycles. The fourth-order valence-corrected chi connectivity index (χ4v) is 1.98. The number of nitrogens with one attached hydrogen (secondary N) is 2. The Morgan fingerprint density at radius 3 is 2.86 bits per heavy atom. The van der Waals surface area contributed by atoms with Crippen LogP contribution in [0.5, 0.6) is 0 Å². The first kappa shape index (κ1) is 15.9. The highest BCUT2D eigenvalue weighted by atomic mass is 16.5. The summed E-state index contributed by atoms with van der Waals surface area (Å²) in [5.74, 6) is 0.671. The Morgan fingerprint density at radius 2 is 2.09 bits per heavy atom. The van der Waals surface area contributed by atoms with Crippen LogP contribution in [0.15, 0.2) is 42.6 Å². The van der Waals surface area contributed by atoms with Crippen LogP contribution in [0.3, 0.4) is 0 Å². The molecule has 0 atom stereocenters. The average molecular weight is 300 g/mol. The third-order valence-electron chi connectivity index (χ3n) is 3.07. The third-order valence-corrected chi connectivity index (χ3v) is 3.07. The van der Waals surface area contributed by atoms with Gasteiger partial charge in [0.15, 0.2) is 0 Å². The van der Waals surface area contributed by atoms with Gasteiger partial charge in [-0.2, -0.15) is 0 Å². The number of aromatic nitrogens is 1. The van der Waals surface area contributed by atoms with E-state index in [4.69, 9.17) is 21.0 Å². The van der Waals surface area contributed by atoms with E-state index in [1.54, 1.807) is 24.4 Å². The number of nitrogens with two attached hydrogens (primary N) is 1. The van der Waals surface area contributed by atoms with Gasteiger partial charge < -0.3 is 20.9 Å². The van der Waals surface area contributed by atoms with Gasteiger partial charge in [-0.15, -0.1) is 0 Å². The topological polar surface area (TPSA) is 104 Å². The summed E-state index contributed by atoms with van der Waals surface area (Å²) in [5.41, 5.74) is 8.30. The zero-order valence-corrected chi connectivity index (χ0v) is 12.2. The van der Waals surface area contributed by atoms with Crippen molar-refractivity contribution in [1.29, 1.82) is 5.41 Å². The van der Waals surface area contributed by atoms with Gasteiger partial charge in [-0.05, 0) is 18.2 Å². The van der Waals surface area contributed by atoms with Gasteiger partial charge in [0, 0.05) is 29.6 Å². The molecule has 0 aliphatic heterocycles. The highest BCUT2D eigenvalue weighted by Gasteiger charge is 2.08. The van der Waals surface area contributed by atoms with E-state index in [9.17, 15) is 0 Å². The molecule has 0 saturated heterocycles. The Balaban J connectivity index is 2.02. The number of rotatable bonds is 8. The van der Waals surface area contributed by atoms with E-state index < -0.39 is 0 Å². The number of pyridine rings is 1. The standard InChI is InChI=1S/C16H20N4O2/c17-14-4-2-1-3-13(14)16(18)12-5-6-19-15(11-12)20-7-9-22-10-8-21/h1-6,11,18,21H,7-10,17H2,(H,19,20). The molecule has 1 aromatic carbocycles. The van der Waals surface area contributed by atoms with E-state index in [2.05, 4.69) is 10.3 Å². The molecule has 6 nitrogen and oxygen atoms in total. The first-order valence-corrected chi connectivity index (χ1v) is 7.04. The summed E-state index contributed by atoms with van der Waals surface area (Å²) >= 11 is 0. The third kappa shape index (κ3) is 4.28. The van der Waals surface area contributed by atoms with Crippen LogP contribution in [0.4, 0.5) is 11.5 Å². The van der Waals surface area contributed by atoms with Crippen LogP contribution >= 0.6 is 0 Å². The smallest absolute Gasteiger partial charge is 0.126 e. The SMILES string of the molecule is N=C(c1ccnc(NCCOCCO)c1)c1ccccc1N. The zero-order valence-electron chi connectivity index (χ0n) is 12.2. The Kier molecular flexibility index (Phi) is 5.88. The molecule has 5 N–H and O–H groups in total. The van der Waals surface area contributed by atoms with Crippen molar-refractivity contribution >= 4 is 17.2 Å². The van der Waals surface area contributed by atoms with Crippen molar-refractivity contribution in [2.24, 2.45) is 0 Å². The molecule has 116 valence electrons. The van der Waals surface area contributed by atoms with Crippen molar-refractivity contribution in [1.82, 2.24) is 4.98 Å². The van der Waals surface area contributed by atoms with E-state index >= 15 is 0 Å². The number of hydrogen-bond donors (Lipinski definition) is 4. The summed E-state index contributed by atoms with van der Waals surface area (Å²) in [6.45, 7) is 1.41. The van der Waals surface area contributed by atoms with Crippen LogP contribution < -0.4 is 11.1 Å². The van der Waals surface area contributed by atoms with Gasteiger partial charge in [-0.3, -0.25) is 5.41 Å². The molecule has 0 saturated carbocycles. The largest absolute Gasteiger partial charge is 0.398 e. The van der Waals surface area contributed by atoms with Crippen LogP contribution in [-0.4, -0.2) is 42.2 Å². The number of ether oxygens (including phenoxy) is 1. The number of aliphatic hydroxyl groups is 1. The Labute approximate surface area is 129 Å². The van der Waals surface area contributed by atoms with E-state index in [0.29, 0.717) is 42.5 Å². The molecule has 22 heavy (non-hydrogen) atoms. The first-order chi connectivity index (χ1) is 10.7. The van der Waals surface area contributed by atoms with Gasteiger partial charge in [-0.25, -0.2) is 4.98 Å². The molecule has 0 fully saturated rings. The summed E-state index contributed by atoms with van der Waals surface area (Å²) in [6.07, 6.45) is 1.65. The van der Waals surface area contributed by atoms with Gasteiger partial charge in [0.05, 0.1) is 25.5 Å². The normalized spacial score (nSPS) is 10.4. The first-order valence-electron chi connectivity index (χ1n) is 7.04. The van der Waals surface area contributed by atoms with Crippen molar-refractivity contribution < 1.29 is 9.84 Å². The van der Waals surface area contributed by atoms with Gasteiger partial charge in [0.1, 0.15) is 5.82 Å². The molecule has 2 aromatic rings. The lowest BCUT2D eigenvalue weighted by Crippen LogP contribution is -2.13. The monoisotopic (exact) mass is 300 g/mol. The van der Waals surface area contributed by atoms with E-state index in [1.165, 1.54) is 0 Å². The lowest BCUT2D eigenvalue weighted by Gasteiger charge is -2.10. The minimum atomic E-state index is 0.0173. The second-order valence-corrected chi connectivity index (χ2v) is 4.65. The summed E-state index contributed by atoms with van der Waals surface area (Å²) in [6, 6.07) is 10.9. The van der Waals surface area contributed by atoms with Crippen LogP contribution in [0.2, 0.25) is 0 Å². The van der Waals surface area contributed by atoms with E-state index in [0.717, 1.165) is 5.56 Å². The lowest BCUT2D eigenvalue weighted by molar-refractivity contribution is 0.0992. The maximum Gasteiger partial charge on any atom is 0.126 e. The number of nitrogens with zero attached hydrogens (tertiary/aromatic N) is 1. The number of anilines is 2. The lowest BCUT2D eigenvalue weighted by atomic mass is 10.0. The predicted octanol–water partition coefficient (Wildman–Crippen LogP) is 1.50. The second-order valence-electron chi connectivity index (χ2n) is 4.65. The summed E-state index contributed by atoms with van der Waals surface area (Å²) in [5, 5.41) is 20.0. The van der Waals surface area contributed by atoms with Crippen molar-refractivity contribution in [3.05, 3.63) is 53.7 Å². The molecule has 6 heteroatoms. The highest BCUT2D eigenvalue weighted by Crippen LogP contribution is 2.17. The molecular formula is C16H20N4O2. The maximum absolute atomic E-state index is 8.62. The fourth-order valence-electron chi connectivity index (χ4n) is 1.98. The number of aliphatic hydroxyl groups excluding tert-OH is 1. The summed E-state index contributed by atoms with van der Waals surface area (Å²) in [4.78, 5) is 4.21. The molecule has 1 aromatic heterocycles. The molecule has 0 amide bonds.